The molecule has 1 aromatic rings. The second-order valence-corrected chi connectivity index (χ2v) is 7.87. The molecule has 1 aliphatic carbocycles. The Morgan fingerprint density at radius 3 is 2.12 bits per heavy atom. The Balaban J connectivity index is 1.48. The number of hydrogen-bond donors (Lipinski definition) is 1. The highest BCUT2D eigenvalue weighted by atomic mass is 16.2. The molecular weight excluding hydrogens is 326 g/mol. The molecule has 3 rings (SSSR count). The predicted octanol–water partition coefficient (Wildman–Crippen LogP) is 3.51. The maximum Gasteiger partial charge on any atom is 0.227 e. The Bertz CT molecular complexity index is 613. The van der Waals surface area contributed by atoms with Gasteiger partial charge >= 0.3 is 0 Å². The Morgan fingerprint density at radius 2 is 1.54 bits per heavy atom. The van der Waals surface area contributed by atoms with E-state index in [0.717, 1.165) is 37.1 Å². The van der Waals surface area contributed by atoms with Crippen LogP contribution in [0.4, 0.5) is 11.4 Å². The van der Waals surface area contributed by atoms with Crippen molar-refractivity contribution in [3.63, 3.8) is 0 Å². The normalized spacial score (nSPS) is 19.2. The maximum atomic E-state index is 12.6. The van der Waals surface area contributed by atoms with Gasteiger partial charge in [0, 0.05) is 50.4 Å². The van der Waals surface area contributed by atoms with E-state index in [0.29, 0.717) is 19.0 Å². The van der Waals surface area contributed by atoms with Gasteiger partial charge in [0.25, 0.3) is 0 Å². The van der Waals surface area contributed by atoms with Crippen LogP contribution in [0.5, 0.6) is 0 Å². The van der Waals surface area contributed by atoms with Crippen molar-refractivity contribution in [3.05, 3.63) is 24.3 Å². The van der Waals surface area contributed by atoms with Crippen LogP contribution >= 0.6 is 0 Å². The summed E-state index contributed by atoms with van der Waals surface area (Å²) in [6, 6.07) is 7.88. The summed E-state index contributed by atoms with van der Waals surface area (Å²) in [6.45, 7) is 1.43. The molecule has 2 fully saturated rings. The van der Waals surface area contributed by atoms with Crippen LogP contribution < -0.4 is 10.2 Å². The minimum Gasteiger partial charge on any atom is -0.378 e. The zero-order chi connectivity index (χ0) is 18.5. The van der Waals surface area contributed by atoms with Crippen LogP contribution in [0, 0.1) is 11.8 Å². The smallest absolute Gasteiger partial charge is 0.227 e. The topological polar surface area (TPSA) is 52.7 Å². The summed E-state index contributed by atoms with van der Waals surface area (Å²) in [4.78, 5) is 29.2. The van der Waals surface area contributed by atoms with Crippen molar-refractivity contribution in [3.8, 4) is 0 Å². The quantitative estimate of drug-likeness (QED) is 0.897. The lowest BCUT2D eigenvalue weighted by Gasteiger charge is -2.34. The van der Waals surface area contributed by atoms with Gasteiger partial charge in [0.1, 0.15) is 0 Å². The molecule has 1 heterocycles. The molecule has 1 aromatic carbocycles. The summed E-state index contributed by atoms with van der Waals surface area (Å²) < 4.78 is 0. The first-order valence-electron chi connectivity index (χ1n) is 9.91. The van der Waals surface area contributed by atoms with Crippen LogP contribution in [0.1, 0.15) is 44.9 Å². The van der Waals surface area contributed by atoms with E-state index in [4.69, 9.17) is 0 Å². The molecule has 2 aliphatic rings. The SMILES string of the molecule is CN(C)c1ccc(NC(=O)C2CCN(C(=O)C3CCCCC3)CC2)cc1. The molecule has 0 unspecified atom stereocenters. The number of nitrogens with zero attached hydrogens (tertiary/aromatic N) is 2. The number of hydrogen-bond acceptors (Lipinski definition) is 3. The molecule has 0 radical (unpaired) electrons. The van der Waals surface area contributed by atoms with Crippen molar-refractivity contribution in [2.24, 2.45) is 11.8 Å². The highest BCUT2D eigenvalue weighted by Crippen LogP contribution is 2.28. The van der Waals surface area contributed by atoms with E-state index in [1.807, 2.05) is 48.2 Å². The molecule has 0 spiro atoms. The van der Waals surface area contributed by atoms with Gasteiger partial charge in [0.05, 0.1) is 0 Å². The summed E-state index contributed by atoms with van der Waals surface area (Å²) in [5, 5.41) is 3.02. The fraction of sp³-hybridized carbons (Fsp3) is 0.619. The number of benzene rings is 1. The van der Waals surface area contributed by atoms with Crippen LogP contribution in [0.2, 0.25) is 0 Å². The molecule has 2 amide bonds. The highest BCUT2D eigenvalue weighted by molar-refractivity contribution is 5.93. The fourth-order valence-corrected chi connectivity index (χ4v) is 4.06. The second kappa shape index (κ2) is 8.56. The molecule has 142 valence electrons. The van der Waals surface area contributed by atoms with Crippen LogP contribution in [-0.4, -0.2) is 43.9 Å². The van der Waals surface area contributed by atoms with E-state index in [-0.39, 0.29) is 17.7 Å². The molecule has 0 aromatic heterocycles. The van der Waals surface area contributed by atoms with Gasteiger partial charge in [0.15, 0.2) is 0 Å². The number of amides is 2. The highest BCUT2D eigenvalue weighted by Gasteiger charge is 2.31. The fourth-order valence-electron chi connectivity index (χ4n) is 4.06. The average Bonchev–Trinajstić information content (AvgIpc) is 2.68. The molecule has 1 N–H and O–H groups in total. The Morgan fingerprint density at radius 1 is 0.923 bits per heavy atom. The van der Waals surface area contributed by atoms with Crippen LogP contribution in [0.25, 0.3) is 0 Å². The molecular formula is C21H31N3O2. The van der Waals surface area contributed by atoms with Gasteiger partial charge < -0.3 is 15.1 Å². The third-order valence-electron chi connectivity index (χ3n) is 5.78. The largest absolute Gasteiger partial charge is 0.378 e. The van der Waals surface area contributed by atoms with Crippen molar-refractivity contribution in [2.75, 3.05) is 37.4 Å². The zero-order valence-electron chi connectivity index (χ0n) is 16.0. The number of likely N-dealkylation sites (tertiary alicyclic amines) is 1. The van der Waals surface area contributed by atoms with E-state index in [1.54, 1.807) is 0 Å². The lowest BCUT2D eigenvalue weighted by molar-refractivity contribution is -0.139. The lowest BCUT2D eigenvalue weighted by Crippen LogP contribution is -2.44. The first-order valence-corrected chi connectivity index (χ1v) is 9.91. The molecule has 26 heavy (non-hydrogen) atoms. The number of carbonyl (C=O) groups excluding carboxylic acids is 2. The van der Waals surface area contributed by atoms with Crippen molar-refractivity contribution in [1.82, 2.24) is 4.90 Å². The number of piperidine rings is 1. The summed E-state index contributed by atoms with van der Waals surface area (Å²) in [5.74, 6) is 0.624. The molecule has 5 nitrogen and oxygen atoms in total. The minimum atomic E-state index is -0.000990. The molecule has 1 aliphatic heterocycles. The number of anilines is 2. The zero-order valence-corrected chi connectivity index (χ0v) is 16.0. The summed E-state index contributed by atoms with van der Waals surface area (Å²) >= 11 is 0. The summed E-state index contributed by atoms with van der Waals surface area (Å²) in [7, 11) is 3.99. The van der Waals surface area contributed by atoms with E-state index in [9.17, 15) is 9.59 Å². The maximum absolute atomic E-state index is 12.6. The van der Waals surface area contributed by atoms with Crippen molar-refractivity contribution < 1.29 is 9.59 Å². The predicted molar refractivity (Wildman–Crippen MR) is 105 cm³/mol. The van der Waals surface area contributed by atoms with Crippen molar-refractivity contribution >= 4 is 23.2 Å². The van der Waals surface area contributed by atoms with Crippen molar-refractivity contribution in [1.29, 1.82) is 0 Å². The second-order valence-electron chi connectivity index (χ2n) is 7.87. The van der Waals surface area contributed by atoms with Gasteiger partial charge in [-0.1, -0.05) is 19.3 Å². The van der Waals surface area contributed by atoms with E-state index < -0.39 is 0 Å². The molecule has 0 atom stereocenters. The first-order chi connectivity index (χ1) is 12.5. The van der Waals surface area contributed by atoms with Gasteiger partial charge in [0.2, 0.25) is 11.8 Å². The minimum absolute atomic E-state index is 0.000990. The summed E-state index contributed by atoms with van der Waals surface area (Å²) in [6.07, 6.45) is 7.25. The van der Waals surface area contributed by atoms with Crippen LogP contribution in [-0.2, 0) is 9.59 Å². The molecule has 5 heteroatoms. The van der Waals surface area contributed by atoms with Gasteiger partial charge in [-0.15, -0.1) is 0 Å². The molecule has 1 saturated heterocycles. The summed E-state index contributed by atoms with van der Waals surface area (Å²) in [5.41, 5.74) is 1.94. The Hall–Kier alpha value is -2.04. The third kappa shape index (κ3) is 4.57. The molecule has 1 saturated carbocycles. The van der Waals surface area contributed by atoms with Crippen LogP contribution in [0.3, 0.4) is 0 Å². The standard InChI is InChI=1S/C21H31N3O2/c1-23(2)19-10-8-18(9-11-19)22-20(25)16-12-14-24(15-13-16)21(26)17-6-4-3-5-7-17/h8-11,16-17H,3-7,12-15H2,1-2H3,(H,22,25). The first kappa shape index (κ1) is 18.7. The Labute approximate surface area is 156 Å². The van der Waals surface area contributed by atoms with Crippen molar-refractivity contribution in [2.45, 2.75) is 44.9 Å². The van der Waals surface area contributed by atoms with Gasteiger partial charge in [-0.05, 0) is 49.9 Å². The van der Waals surface area contributed by atoms with E-state index >= 15 is 0 Å². The number of rotatable bonds is 4. The van der Waals surface area contributed by atoms with Gasteiger partial charge in [-0.25, -0.2) is 0 Å². The molecule has 0 bridgehead atoms. The number of nitrogens with one attached hydrogen (secondary N) is 1. The van der Waals surface area contributed by atoms with Gasteiger partial charge in [-0.3, -0.25) is 9.59 Å². The van der Waals surface area contributed by atoms with Gasteiger partial charge in [-0.2, -0.15) is 0 Å². The van der Waals surface area contributed by atoms with E-state index in [2.05, 4.69) is 5.32 Å². The van der Waals surface area contributed by atoms with Crippen LogP contribution in [0.15, 0.2) is 24.3 Å². The number of carbonyl (C=O) groups is 2. The lowest BCUT2D eigenvalue weighted by atomic mass is 9.87. The monoisotopic (exact) mass is 357 g/mol. The van der Waals surface area contributed by atoms with E-state index in [1.165, 1.54) is 19.3 Å². The average molecular weight is 357 g/mol. The third-order valence-corrected chi connectivity index (χ3v) is 5.78. The Kier molecular flexibility index (Phi) is 6.17.